The molecule has 0 fully saturated rings. The lowest BCUT2D eigenvalue weighted by atomic mass is 10.1. The molecule has 0 radical (unpaired) electrons. The third-order valence-corrected chi connectivity index (χ3v) is 6.54. The molecule has 0 unspecified atom stereocenters. The van der Waals surface area contributed by atoms with Crippen LogP contribution in [0.25, 0.3) is 5.76 Å². The number of nitrogens with zero attached hydrogens (tertiary/aromatic N) is 5. The van der Waals surface area contributed by atoms with E-state index in [1.54, 1.807) is 17.7 Å². The first kappa shape index (κ1) is 22.3. The molecular weight excluding hydrogens is 420 g/mol. The van der Waals surface area contributed by atoms with Crippen LogP contribution in [-0.2, 0) is 6.54 Å². The number of thiophene rings is 1. The van der Waals surface area contributed by atoms with Crippen LogP contribution in [0.5, 0.6) is 5.75 Å². The second kappa shape index (κ2) is 10.1. The summed E-state index contributed by atoms with van der Waals surface area (Å²) in [6.07, 6.45) is 5.57. The molecular formula is C24H30N6OS. The summed E-state index contributed by atoms with van der Waals surface area (Å²) >= 11 is 1.68. The fourth-order valence-electron chi connectivity index (χ4n) is 3.74. The third kappa shape index (κ3) is 4.93. The van der Waals surface area contributed by atoms with Crippen LogP contribution < -0.4 is 20.0 Å². The molecule has 0 saturated heterocycles. The van der Waals surface area contributed by atoms with Gasteiger partial charge in [0.05, 0.1) is 11.1 Å². The molecule has 0 bridgehead atoms. The molecule has 3 aromatic rings. The van der Waals surface area contributed by atoms with Crippen LogP contribution in [0.2, 0.25) is 0 Å². The van der Waals surface area contributed by atoms with Gasteiger partial charge in [0, 0.05) is 40.3 Å². The number of anilines is 2. The van der Waals surface area contributed by atoms with Gasteiger partial charge in [-0.3, -0.25) is 0 Å². The summed E-state index contributed by atoms with van der Waals surface area (Å²) in [6, 6.07) is 10.5. The van der Waals surface area contributed by atoms with E-state index in [-0.39, 0.29) is 0 Å². The Balaban J connectivity index is 1.51. The summed E-state index contributed by atoms with van der Waals surface area (Å²) < 4.78 is 6.27. The van der Waals surface area contributed by atoms with Crippen molar-refractivity contribution in [2.24, 2.45) is 0 Å². The minimum absolute atomic E-state index is 0.755. The number of aryl methyl sites for hydroxylation is 1. The van der Waals surface area contributed by atoms with E-state index in [0.717, 1.165) is 54.1 Å². The maximum Gasteiger partial charge on any atom is 0.156 e. The quantitative estimate of drug-likeness (QED) is 0.550. The van der Waals surface area contributed by atoms with Crippen LogP contribution >= 0.6 is 11.3 Å². The van der Waals surface area contributed by atoms with Crippen molar-refractivity contribution in [1.29, 1.82) is 0 Å². The Kier molecular flexibility index (Phi) is 7.04. The Morgan fingerprint density at radius 3 is 2.88 bits per heavy atom. The smallest absolute Gasteiger partial charge is 0.156 e. The molecule has 7 nitrogen and oxygen atoms in total. The lowest BCUT2D eigenvalue weighted by Crippen LogP contribution is -2.41. The summed E-state index contributed by atoms with van der Waals surface area (Å²) in [6.45, 7) is 5.50. The minimum atomic E-state index is 0.755. The summed E-state index contributed by atoms with van der Waals surface area (Å²) in [4.78, 5) is 12.0. The van der Waals surface area contributed by atoms with Crippen molar-refractivity contribution in [3.63, 3.8) is 0 Å². The summed E-state index contributed by atoms with van der Waals surface area (Å²) in [5, 5.41) is 9.72. The SMILES string of the molecule is CNC/C=C(\Oc1ccc(CN2CCN(C)c3ncncc3N2C)c(C)c1)c1cccs1. The van der Waals surface area contributed by atoms with Gasteiger partial charge in [0.25, 0.3) is 0 Å². The van der Waals surface area contributed by atoms with E-state index >= 15 is 0 Å². The van der Waals surface area contributed by atoms with Gasteiger partial charge in [-0.2, -0.15) is 0 Å². The number of aromatic nitrogens is 2. The van der Waals surface area contributed by atoms with E-state index in [1.165, 1.54) is 11.1 Å². The molecule has 4 rings (SSSR count). The van der Waals surface area contributed by atoms with Gasteiger partial charge in [-0.05, 0) is 54.8 Å². The Labute approximate surface area is 193 Å². The molecule has 0 amide bonds. The van der Waals surface area contributed by atoms with Crippen LogP contribution in [0.1, 0.15) is 16.0 Å². The number of hydrazine groups is 1. The van der Waals surface area contributed by atoms with Gasteiger partial charge < -0.3 is 20.0 Å². The zero-order valence-electron chi connectivity index (χ0n) is 19.1. The van der Waals surface area contributed by atoms with Gasteiger partial charge in [0.1, 0.15) is 23.5 Å². The molecule has 0 saturated carbocycles. The van der Waals surface area contributed by atoms with Gasteiger partial charge in [0.15, 0.2) is 5.82 Å². The number of fused-ring (bicyclic) bond motifs is 1. The number of benzene rings is 1. The molecule has 168 valence electrons. The van der Waals surface area contributed by atoms with Gasteiger partial charge in [-0.15, -0.1) is 11.3 Å². The van der Waals surface area contributed by atoms with E-state index in [2.05, 4.69) is 86.9 Å². The molecule has 0 atom stereocenters. The molecule has 2 aromatic heterocycles. The maximum atomic E-state index is 6.27. The van der Waals surface area contributed by atoms with Crippen LogP contribution in [0.3, 0.4) is 0 Å². The maximum absolute atomic E-state index is 6.27. The minimum Gasteiger partial charge on any atom is -0.456 e. The number of hydrogen-bond acceptors (Lipinski definition) is 8. The van der Waals surface area contributed by atoms with Crippen molar-refractivity contribution >= 4 is 28.6 Å². The normalized spacial score (nSPS) is 14.9. The van der Waals surface area contributed by atoms with E-state index < -0.39 is 0 Å². The molecule has 1 aliphatic heterocycles. The number of nitrogens with one attached hydrogen (secondary N) is 1. The first-order chi connectivity index (χ1) is 15.6. The number of hydrogen-bond donors (Lipinski definition) is 1. The second-order valence-electron chi connectivity index (χ2n) is 7.86. The predicted octanol–water partition coefficient (Wildman–Crippen LogP) is 3.79. The highest BCUT2D eigenvalue weighted by Gasteiger charge is 2.23. The topological polar surface area (TPSA) is 56.8 Å². The Bertz CT molecular complexity index is 1070. The molecule has 8 heteroatoms. The average molecular weight is 451 g/mol. The lowest BCUT2D eigenvalue weighted by molar-refractivity contribution is 0.266. The summed E-state index contributed by atoms with van der Waals surface area (Å²) in [5.74, 6) is 2.69. The van der Waals surface area contributed by atoms with E-state index in [1.807, 2.05) is 19.3 Å². The van der Waals surface area contributed by atoms with Crippen LogP contribution in [0.4, 0.5) is 11.5 Å². The Morgan fingerprint density at radius 2 is 2.12 bits per heavy atom. The van der Waals surface area contributed by atoms with Crippen molar-refractivity contribution in [1.82, 2.24) is 20.3 Å². The number of ether oxygens (including phenoxy) is 1. The fourth-order valence-corrected chi connectivity index (χ4v) is 4.44. The van der Waals surface area contributed by atoms with E-state index in [4.69, 9.17) is 4.74 Å². The molecule has 1 aliphatic rings. The monoisotopic (exact) mass is 450 g/mol. The zero-order valence-corrected chi connectivity index (χ0v) is 19.9. The van der Waals surface area contributed by atoms with E-state index in [0.29, 0.717) is 0 Å². The molecule has 32 heavy (non-hydrogen) atoms. The molecule has 1 aromatic carbocycles. The van der Waals surface area contributed by atoms with Crippen molar-refractivity contribution in [3.05, 3.63) is 70.3 Å². The first-order valence-electron chi connectivity index (χ1n) is 10.7. The first-order valence-corrected chi connectivity index (χ1v) is 11.6. The van der Waals surface area contributed by atoms with Crippen molar-refractivity contribution in [3.8, 4) is 5.75 Å². The average Bonchev–Trinajstić information content (AvgIpc) is 3.31. The fraction of sp³-hybridized carbons (Fsp3) is 0.333. The zero-order chi connectivity index (χ0) is 22.5. The highest BCUT2D eigenvalue weighted by Crippen LogP contribution is 2.30. The Hall–Kier alpha value is -2.94. The van der Waals surface area contributed by atoms with Crippen LogP contribution in [0, 0.1) is 6.92 Å². The van der Waals surface area contributed by atoms with Crippen LogP contribution in [0.15, 0.2) is 54.3 Å². The summed E-state index contributed by atoms with van der Waals surface area (Å²) in [7, 11) is 6.09. The van der Waals surface area contributed by atoms with Gasteiger partial charge in [0.2, 0.25) is 0 Å². The molecule has 1 N–H and O–H groups in total. The van der Waals surface area contributed by atoms with Crippen molar-refractivity contribution in [2.75, 3.05) is 50.7 Å². The third-order valence-electron chi connectivity index (χ3n) is 5.65. The van der Waals surface area contributed by atoms with E-state index in [9.17, 15) is 0 Å². The Morgan fingerprint density at radius 1 is 1.25 bits per heavy atom. The molecule has 0 aliphatic carbocycles. The van der Waals surface area contributed by atoms with Gasteiger partial charge >= 0.3 is 0 Å². The largest absolute Gasteiger partial charge is 0.456 e. The number of likely N-dealkylation sites (N-methyl/N-ethyl adjacent to an activating group) is 2. The van der Waals surface area contributed by atoms with Crippen molar-refractivity contribution in [2.45, 2.75) is 13.5 Å². The highest BCUT2D eigenvalue weighted by atomic mass is 32.1. The van der Waals surface area contributed by atoms with Crippen molar-refractivity contribution < 1.29 is 4.74 Å². The number of rotatable bonds is 7. The lowest BCUT2D eigenvalue weighted by Gasteiger charge is -2.32. The van der Waals surface area contributed by atoms with Crippen LogP contribution in [-0.4, -0.2) is 55.8 Å². The summed E-state index contributed by atoms with van der Waals surface area (Å²) in [5.41, 5.74) is 3.49. The predicted molar refractivity (Wildman–Crippen MR) is 132 cm³/mol. The van der Waals surface area contributed by atoms with Gasteiger partial charge in [-0.25, -0.2) is 15.0 Å². The molecule has 0 spiro atoms. The standard InChI is InChI=1S/C24H30N6OS/c1-18-14-20(31-22(9-10-25-2)23-6-5-13-32-23)8-7-19(18)16-30-12-11-28(3)24-21(29(30)4)15-26-17-27-24/h5-9,13-15,17,25H,10-12,16H2,1-4H3/b22-9-. The second-order valence-corrected chi connectivity index (χ2v) is 8.81. The highest BCUT2D eigenvalue weighted by molar-refractivity contribution is 7.11. The molecule has 3 heterocycles. The van der Waals surface area contributed by atoms with Gasteiger partial charge in [-0.1, -0.05) is 12.1 Å².